The first-order valence-electron chi connectivity index (χ1n) is 7.51. The van der Waals surface area contributed by atoms with Crippen molar-refractivity contribution < 1.29 is 0 Å². The summed E-state index contributed by atoms with van der Waals surface area (Å²) in [6.07, 6.45) is 2.56. The van der Waals surface area contributed by atoms with Gasteiger partial charge < -0.3 is 5.73 Å². The number of hydrogen-bond donors (Lipinski definition) is 1. The molecular weight excluding hydrogens is 246 g/mol. The molecule has 0 amide bonds. The smallest absolute Gasteiger partial charge is 0.128 e. The Morgan fingerprint density at radius 2 is 2.10 bits per heavy atom. The number of aromatic nitrogens is 1. The summed E-state index contributed by atoms with van der Waals surface area (Å²) < 4.78 is 0. The molecule has 0 radical (unpaired) electrons. The Labute approximate surface area is 120 Å². The van der Waals surface area contributed by atoms with Gasteiger partial charge in [-0.05, 0) is 44.4 Å². The van der Waals surface area contributed by atoms with Crippen LogP contribution < -0.4 is 5.73 Å². The quantitative estimate of drug-likeness (QED) is 0.908. The van der Waals surface area contributed by atoms with Crippen LogP contribution in [0.3, 0.4) is 0 Å². The monoisotopic (exact) mass is 269 g/mol. The van der Waals surface area contributed by atoms with E-state index in [4.69, 9.17) is 5.73 Å². The van der Waals surface area contributed by atoms with Gasteiger partial charge in [-0.3, -0.25) is 4.90 Å². The molecule has 1 aliphatic rings. The molecule has 2 aromatic rings. The van der Waals surface area contributed by atoms with Gasteiger partial charge in [0.05, 0.1) is 5.52 Å². The van der Waals surface area contributed by atoms with Crippen LogP contribution >= 0.6 is 0 Å². The summed E-state index contributed by atoms with van der Waals surface area (Å²) in [5.74, 6) is 1.52. The molecule has 1 saturated heterocycles. The van der Waals surface area contributed by atoms with Gasteiger partial charge in [-0.2, -0.15) is 0 Å². The van der Waals surface area contributed by atoms with Gasteiger partial charge >= 0.3 is 0 Å². The summed E-state index contributed by atoms with van der Waals surface area (Å²) in [4.78, 5) is 7.06. The normalized spacial score (nSPS) is 24.1. The number of nitrogens with zero attached hydrogens (tertiary/aromatic N) is 2. The zero-order chi connectivity index (χ0) is 14.1. The lowest BCUT2D eigenvalue weighted by Crippen LogP contribution is -2.39. The van der Waals surface area contributed by atoms with Crippen LogP contribution in [0.2, 0.25) is 0 Å². The fourth-order valence-electron chi connectivity index (χ4n) is 3.21. The maximum absolute atomic E-state index is 6.14. The number of anilines is 1. The number of fused-ring (bicyclic) bond motifs is 1. The van der Waals surface area contributed by atoms with Crippen molar-refractivity contribution in [3.8, 4) is 0 Å². The zero-order valence-electron chi connectivity index (χ0n) is 12.3. The van der Waals surface area contributed by atoms with E-state index in [1.54, 1.807) is 0 Å². The summed E-state index contributed by atoms with van der Waals surface area (Å²) >= 11 is 0. The SMILES string of the molecule is CC1CCN(Cc2cc3ccccc3nc2N)C(C)C1. The largest absolute Gasteiger partial charge is 0.383 e. The van der Waals surface area contributed by atoms with Crippen LogP contribution in [0.15, 0.2) is 30.3 Å². The molecule has 2 atom stereocenters. The van der Waals surface area contributed by atoms with E-state index in [-0.39, 0.29) is 0 Å². The topological polar surface area (TPSA) is 42.2 Å². The van der Waals surface area contributed by atoms with E-state index in [1.165, 1.54) is 18.2 Å². The number of nitrogen functional groups attached to an aromatic ring is 1. The highest BCUT2D eigenvalue weighted by Crippen LogP contribution is 2.26. The second kappa shape index (κ2) is 5.41. The number of piperidine rings is 1. The van der Waals surface area contributed by atoms with Crippen LogP contribution in [0.25, 0.3) is 10.9 Å². The van der Waals surface area contributed by atoms with Crippen molar-refractivity contribution in [3.63, 3.8) is 0 Å². The maximum atomic E-state index is 6.14. The third-order valence-electron chi connectivity index (χ3n) is 4.49. The molecule has 0 saturated carbocycles. The Hall–Kier alpha value is -1.61. The second-order valence-corrected chi connectivity index (χ2v) is 6.17. The van der Waals surface area contributed by atoms with Crippen LogP contribution in [-0.2, 0) is 6.54 Å². The molecule has 0 spiro atoms. The molecule has 1 aromatic carbocycles. The highest BCUT2D eigenvalue weighted by atomic mass is 15.2. The first kappa shape index (κ1) is 13.4. The molecule has 20 heavy (non-hydrogen) atoms. The van der Waals surface area contributed by atoms with Gasteiger partial charge in [0.25, 0.3) is 0 Å². The van der Waals surface area contributed by atoms with Crippen LogP contribution in [-0.4, -0.2) is 22.5 Å². The Morgan fingerprint density at radius 3 is 2.90 bits per heavy atom. The molecule has 1 fully saturated rings. The lowest BCUT2D eigenvalue weighted by Gasteiger charge is -2.36. The lowest BCUT2D eigenvalue weighted by atomic mass is 9.93. The fourth-order valence-corrected chi connectivity index (χ4v) is 3.21. The van der Waals surface area contributed by atoms with Gasteiger partial charge in [-0.25, -0.2) is 4.98 Å². The first-order chi connectivity index (χ1) is 9.63. The predicted molar refractivity (Wildman–Crippen MR) is 84.4 cm³/mol. The summed E-state index contributed by atoms with van der Waals surface area (Å²) in [6.45, 7) is 6.74. The molecular formula is C17H23N3. The molecule has 0 aliphatic carbocycles. The molecule has 1 aromatic heterocycles. The number of benzene rings is 1. The molecule has 0 bridgehead atoms. The van der Waals surface area contributed by atoms with Crippen molar-refractivity contribution >= 4 is 16.7 Å². The van der Waals surface area contributed by atoms with Crippen molar-refractivity contribution in [2.75, 3.05) is 12.3 Å². The minimum absolute atomic E-state index is 0.629. The van der Waals surface area contributed by atoms with Crippen molar-refractivity contribution in [1.29, 1.82) is 0 Å². The van der Waals surface area contributed by atoms with E-state index in [2.05, 4.69) is 41.9 Å². The average Bonchev–Trinajstić information content (AvgIpc) is 2.42. The molecule has 2 N–H and O–H groups in total. The minimum Gasteiger partial charge on any atom is -0.383 e. The van der Waals surface area contributed by atoms with Crippen LogP contribution in [0.5, 0.6) is 0 Å². The average molecular weight is 269 g/mol. The van der Waals surface area contributed by atoms with Gasteiger partial charge in [0.2, 0.25) is 0 Å². The van der Waals surface area contributed by atoms with E-state index in [0.717, 1.165) is 30.1 Å². The number of nitrogens with two attached hydrogens (primary N) is 1. The number of hydrogen-bond acceptors (Lipinski definition) is 3. The highest BCUT2D eigenvalue weighted by Gasteiger charge is 2.23. The highest BCUT2D eigenvalue weighted by molar-refractivity contribution is 5.81. The Bertz CT molecular complexity index is 608. The van der Waals surface area contributed by atoms with Crippen LogP contribution in [0.4, 0.5) is 5.82 Å². The predicted octanol–water partition coefficient (Wildman–Crippen LogP) is 3.44. The summed E-state index contributed by atoms with van der Waals surface area (Å²) in [5, 5.41) is 1.18. The van der Waals surface area contributed by atoms with Gasteiger partial charge in [-0.15, -0.1) is 0 Å². The molecule has 2 unspecified atom stereocenters. The van der Waals surface area contributed by atoms with E-state index in [0.29, 0.717) is 11.9 Å². The number of likely N-dealkylation sites (tertiary alicyclic amines) is 1. The third-order valence-corrected chi connectivity index (χ3v) is 4.49. The summed E-state index contributed by atoms with van der Waals surface area (Å²) in [7, 11) is 0. The van der Waals surface area contributed by atoms with E-state index in [9.17, 15) is 0 Å². The number of pyridine rings is 1. The Morgan fingerprint density at radius 1 is 1.30 bits per heavy atom. The molecule has 1 aliphatic heterocycles. The van der Waals surface area contributed by atoms with Gasteiger partial charge in [0.1, 0.15) is 5.82 Å². The molecule has 3 rings (SSSR count). The van der Waals surface area contributed by atoms with Crippen molar-refractivity contribution in [3.05, 3.63) is 35.9 Å². The standard InChI is InChI=1S/C17H23N3/c1-12-7-8-20(13(2)9-12)11-15-10-14-5-3-4-6-16(14)19-17(15)18/h3-6,10,12-13H,7-9,11H2,1-2H3,(H2,18,19). The van der Waals surface area contributed by atoms with Gasteiger partial charge in [0.15, 0.2) is 0 Å². The first-order valence-corrected chi connectivity index (χ1v) is 7.51. The Balaban J connectivity index is 1.85. The molecule has 3 heteroatoms. The van der Waals surface area contributed by atoms with E-state index in [1.807, 2.05) is 12.1 Å². The van der Waals surface area contributed by atoms with E-state index < -0.39 is 0 Å². The van der Waals surface area contributed by atoms with E-state index >= 15 is 0 Å². The number of para-hydroxylation sites is 1. The zero-order valence-corrected chi connectivity index (χ0v) is 12.3. The third kappa shape index (κ3) is 2.63. The summed E-state index contributed by atoms with van der Waals surface area (Å²) in [6, 6.07) is 11.0. The molecule has 3 nitrogen and oxygen atoms in total. The lowest BCUT2D eigenvalue weighted by molar-refractivity contribution is 0.122. The van der Waals surface area contributed by atoms with Crippen LogP contribution in [0.1, 0.15) is 32.3 Å². The molecule has 106 valence electrons. The number of rotatable bonds is 2. The minimum atomic E-state index is 0.629. The van der Waals surface area contributed by atoms with Gasteiger partial charge in [-0.1, -0.05) is 25.1 Å². The van der Waals surface area contributed by atoms with Crippen molar-refractivity contribution in [2.24, 2.45) is 5.92 Å². The molecule has 2 heterocycles. The maximum Gasteiger partial charge on any atom is 0.128 e. The van der Waals surface area contributed by atoms with Crippen LogP contribution in [0, 0.1) is 5.92 Å². The second-order valence-electron chi connectivity index (χ2n) is 6.17. The van der Waals surface area contributed by atoms with Crippen molar-refractivity contribution in [1.82, 2.24) is 9.88 Å². The van der Waals surface area contributed by atoms with Crippen molar-refractivity contribution in [2.45, 2.75) is 39.3 Å². The van der Waals surface area contributed by atoms with Gasteiger partial charge in [0, 0.05) is 23.5 Å². The Kier molecular flexibility index (Phi) is 3.62. The fraction of sp³-hybridized carbons (Fsp3) is 0.471. The summed E-state index contributed by atoms with van der Waals surface area (Å²) in [5.41, 5.74) is 8.28.